The van der Waals surface area contributed by atoms with E-state index in [1.54, 1.807) is 18.2 Å². The second kappa shape index (κ2) is 6.41. The number of halogens is 2. The van der Waals surface area contributed by atoms with Crippen molar-refractivity contribution in [3.05, 3.63) is 27.7 Å². The Labute approximate surface area is 135 Å². The second-order valence-corrected chi connectivity index (χ2v) is 6.84. The van der Waals surface area contributed by atoms with Crippen LogP contribution in [0.5, 0.6) is 0 Å². The van der Waals surface area contributed by atoms with Crippen LogP contribution in [0.4, 0.5) is 0 Å². The zero-order valence-corrected chi connectivity index (χ0v) is 14.1. The second-order valence-electron chi connectivity index (χ2n) is 4.12. The topological polar surface area (TPSA) is 100 Å². The Balaban J connectivity index is 2.57. The molecular weight excluding hydrogens is 384 g/mol. The largest absolute Gasteiger partial charge is 0.383 e. The van der Waals surface area contributed by atoms with Crippen LogP contribution < -0.4 is 5.14 Å². The summed E-state index contributed by atoms with van der Waals surface area (Å²) in [6.07, 6.45) is 0. The number of benzene rings is 1. The van der Waals surface area contributed by atoms with Crippen LogP contribution in [-0.2, 0) is 21.3 Å². The quantitative estimate of drug-likeness (QED) is 0.830. The number of nitrogens with two attached hydrogens (primary N) is 1. The van der Waals surface area contributed by atoms with Crippen LogP contribution in [0.25, 0.3) is 11.4 Å². The summed E-state index contributed by atoms with van der Waals surface area (Å²) in [6, 6.07) is 5.14. The molecule has 0 unspecified atom stereocenters. The Bertz CT molecular complexity index is 763. The molecule has 1 heterocycles. The van der Waals surface area contributed by atoms with Gasteiger partial charge in [0.2, 0.25) is 0 Å². The van der Waals surface area contributed by atoms with E-state index in [0.717, 1.165) is 4.47 Å². The number of ether oxygens (including phenoxy) is 1. The van der Waals surface area contributed by atoms with Crippen LogP contribution in [0.2, 0.25) is 5.02 Å². The number of rotatable bonds is 5. The highest BCUT2D eigenvalue weighted by atomic mass is 79.9. The summed E-state index contributed by atoms with van der Waals surface area (Å²) >= 11 is 9.33. The molecule has 10 heteroatoms. The van der Waals surface area contributed by atoms with Crippen LogP contribution in [0.15, 0.2) is 27.8 Å². The zero-order valence-electron chi connectivity index (χ0n) is 11.0. The van der Waals surface area contributed by atoms with E-state index < -0.39 is 10.0 Å². The molecular formula is C11H12BrClN4O3S. The van der Waals surface area contributed by atoms with Gasteiger partial charge in [-0.2, -0.15) is 0 Å². The van der Waals surface area contributed by atoms with Gasteiger partial charge in [-0.25, -0.2) is 13.6 Å². The van der Waals surface area contributed by atoms with E-state index in [1.807, 2.05) is 0 Å². The van der Waals surface area contributed by atoms with Gasteiger partial charge in [0.15, 0.2) is 5.82 Å². The summed E-state index contributed by atoms with van der Waals surface area (Å²) in [5, 5.41) is 12.9. The van der Waals surface area contributed by atoms with E-state index in [0.29, 0.717) is 16.4 Å². The van der Waals surface area contributed by atoms with Gasteiger partial charge >= 0.3 is 0 Å². The van der Waals surface area contributed by atoms with Gasteiger partial charge in [-0.1, -0.05) is 11.6 Å². The Morgan fingerprint density at radius 2 is 2.14 bits per heavy atom. The van der Waals surface area contributed by atoms with E-state index in [2.05, 4.69) is 26.1 Å². The van der Waals surface area contributed by atoms with E-state index in [9.17, 15) is 8.42 Å². The molecule has 1 aromatic heterocycles. The molecule has 0 aliphatic heterocycles. The SMILES string of the molecule is COCCn1c(-c2ccc(Br)c(Cl)c2)nnc1S(N)(=O)=O. The van der Waals surface area contributed by atoms with Gasteiger partial charge in [-0.15, -0.1) is 10.2 Å². The van der Waals surface area contributed by atoms with Gasteiger partial charge in [0.25, 0.3) is 15.2 Å². The predicted molar refractivity (Wildman–Crippen MR) is 81.4 cm³/mol. The Morgan fingerprint density at radius 1 is 1.43 bits per heavy atom. The summed E-state index contributed by atoms with van der Waals surface area (Å²) in [5.41, 5.74) is 0.627. The highest BCUT2D eigenvalue weighted by Crippen LogP contribution is 2.28. The number of methoxy groups -OCH3 is 1. The third-order valence-corrected chi connectivity index (χ3v) is 4.71. The maximum Gasteiger partial charge on any atom is 0.273 e. The lowest BCUT2D eigenvalue weighted by molar-refractivity contribution is 0.185. The van der Waals surface area contributed by atoms with Gasteiger partial charge in [0.1, 0.15) is 0 Å². The number of hydrogen-bond donors (Lipinski definition) is 1. The molecule has 0 saturated heterocycles. The van der Waals surface area contributed by atoms with E-state index in [1.165, 1.54) is 11.7 Å². The van der Waals surface area contributed by atoms with Crippen molar-refractivity contribution in [2.75, 3.05) is 13.7 Å². The molecule has 0 radical (unpaired) electrons. The first-order valence-electron chi connectivity index (χ1n) is 5.75. The molecule has 0 fully saturated rings. The molecule has 21 heavy (non-hydrogen) atoms. The number of aromatic nitrogens is 3. The first-order valence-corrected chi connectivity index (χ1v) is 8.46. The molecule has 2 rings (SSSR count). The Kier molecular flexibility index (Phi) is 4.99. The minimum atomic E-state index is -3.98. The average molecular weight is 396 g/mol. The van der Waals surface area contributed by atoms with Crippen LogP contribution in [0.1, 0.15) is 0 Å². The molecule has 0 saturated carbocycles. The lowest BCUT2D eigenvalue weighted by atomic mass is 10.2. The molecule has 0 spiro atoms. The van der Waals surface area contributed by atoms with Crippen molar-refractivity contribution in [2.24, 2.45) is 5.14 Å². The van der Waals surface area contributed by atoms with Crippen LogP contribution in [-0.4, -0.2) is 36.9 Å². The average Bonchev–Trinajstić information content (AvgIpc) is 2.83. The minimum Gasteiger partial charge on any atom is -0.383 e. The smallest absolute Gasteiger partial charge is 0.273 e. The van der Waals surface area contributed by atoms with Gasteiger partial charge in [0.05, 0.1) is 18.2 Å². The first-order chi connectivity index (χ1) is 9.84. The van der Waals surface area contributed by atoms with E-state index in [4.69, 9.17) is 21.5 Å². The Hall–Kier alpha value is -1.00. The predicted octanol–water partition coefficient (Wildman–Crippen LogP) is 1.65. The normalized spacial score (nSPS) is 11.8. The Morgan fingerprint density at radius 3 is 2.71 bits per heavy atom. The van der Waals surface area contributed by atoms with Crippen molar-refractivity contribution in [3.8, 4) is 11.4 Å². The van der Waals surface area contributed by atoms with Crippen molar-refractivity contribution in [3.63, 3.8) is 0 Å². The zero-order chi connectivity index (χ0) is 15.6. The fraction of sp³-hybridized carbons (Fsp3) is 0.273. The first kappa shape index (κ1) is 16.4. The molecule has 0 aliphatic rings. The van der Waals surface area contributed by atoms with Crippen molar-refractivity contribution in [2.45, 2.75) is 11.7 Å². The standard InChI is InChI=1S/C11H12BrClN4O3S/c1-20-5-4-17-10(15-16-11(17)21(14,18)19)7-2-3-8(12)9(13)6-7/h2-3,6H,4-5H2,1H3,(H2,14,18,19). The van der Waals surface area contributed by atoms with Crippen molar-refractivity contribution in [1.29, 1.82) is 0 Å². The van der Waals surface area contributed by atoms with Crippen LogP contribution >= 0.6 is 27.5 Å². The van der Waals surface area contributed by atoms with E-state index in [-0.39, 0.29) is 18.3 Å². The highest BCUT2D eigenvalue weighted by molar-refractivity contribution is 9.10. The van der Waals surface area contributed by atoms with Crippen LogP contribution in [0.3, 0.4) is 0 Å². The third-order valence-electron chi connectivity index (χ3n) is 2.67. The van der Waals surface area contributed by atoms with Gasteiger partial charge < -0.3 is 4.74 Å². The molecule has 0 atom stereocenters. The summed E-state index contributed by atoms with van der Waals surface area (Å²) in [6.45, 7) is 0.538. The third kappa shape index (κ3) is 3.61. The highest BCUT2D eigenvalue weighted by Gasteiger charge is 2.22. The minimum absolute atomic E-state index is 0.248. The van der Waals surface area contributed by atoms with E-state index >= 15 is 0 Å². The maximum absolute atomic E-state index is 11.6. The molecule has 2 aromatic rings. The van der Waals surface area contributed by atoms with Gasteiger partial charge in [-0.3, -0.25) is 4.57 Å². The summed E-state index contributed by atoms with van der Waals surface area (Å²) in [4.78, 5) is 0. The van der Waals surface area contributed by atoms with Crippen molar-refractivity contribution >= 4 is 37.6 Å². The number of nitrogens with zero attached hydrogens (tertiary/aromatic N) is 3. The number of sulfonamides is 1. The molecule has 1 aromatic carbocycles. The van der Waals surface area contributed by atoms with Crippen LogP contribution in [0, 0.1) is 0 Å². The fourth-order valence-corrected chi connectivity index (χ4v) is 2.80. The monoisotopic (exact) mass is 394 g/mol. The van der Waals surface area contributed by atoms with Gasteiger partial charge in [0, 0.05) is 17.1 Å². The molecule has 2 N–H and O–H groups in total. The molecule has 114 valence electrons. The fourth-order valence-electron chi connectivity index (χ4n) is 1.73. The van der Waals surface area contributed by atoms with Gasteiger partial charge in [-0.05, 0) is 34.1 Å². The lowest BCUT2D eigenvalue weighted by Gasteiger charge is -2.09. The molecule has 0 aliphatic carbocycles. The molecule has 0 bridgehead atoms. The summed E-state index contributed by atoms with van der Waals surface area (Å²) < 4.78 is 30.2. The number of primary sulfonamides is 1. The number of hydrogen-bond acceptors (Lipinski definition) is 5. The summed E-state index contributed by atoms with van der Waals surface area (Å²) in [5.74, 6) is 0.352. The molecule has 7 nitrogen and oxygen atoms in total. The maximum atomic E-state index is 11.6. The van der Waals surface area contributed by atoms with Crippen molar-refractivity contribution in [1.82, 2.24) is 14.8 Å². The lowest BCUT2D eigenvalue weighted by Crippen LogP contribution is -2.20. The molecule has 0 amide bonds. The summed E-state index contributed by atoms with van der Waals surface area (Å²) in [7, 11) is -2.47. The van der Waals surface area contributed by atoms with Crippen molar-refractivity contribution < 1.29 is 13.2 Å².